The van der Waals surface area contributed by atoms with Crippen molar-refractivity contribution in [1.82, 2.24) is 5.32 Å². The molecule has 2 aromatic rings. The van der Waals surface area contributed by atoms with Gasteiger partial charge < -0.3 is 15.5 Å². The van der Waals surface area contributed by atoms with Crippen LogP contribution in [0.25, 0.3) is 0 Å². The molecule has 3 rings (SSSR count). The first-order valence-corrected chi connectivity index (χ1v) is 8.89. The second-order valence-electron chi connectivity index (χ2n) is 6.53. The summed E-state index contributed by atoms with van der Waals surface area (Å²) in [6, 6.07) is 15.2. The lowest BCUT2D eigenvalue weighted by Crippen LogP contribution is -2.41. The van der Waals surface area contributed by atoms with Crippen molar-refractivity contribution in [3.05, 3.63) is 70.2 Å². The van der Waals surface area contributed by atoms with Crippen LogP contribution in [0.3, 0.4) is 0 Å². The summed E-state index contributed by atoms with van der Waals surface area (Å²) < 4.78 is 0. The fraction of sp³-hybridized carbons (Fsp3) is 0.350. The Bertz CT molecular complexity index is 749. The van der Waals surface area contributed by atoms with Crippen LogP contribution in [0.5, 0.6) is 0 Å². The molecular formula is C20H22ClNO3. The van der Waals surface area contributed by atoms with Crippen LogP contribution in [0.15, 0.2) is 48.5 Å². The molecule has 0 radical (unpaired) electrons. The number of aliphatic hydroxyl groups excluding tert-OH is 1. The van der Waals surface area contributed by atoms with Gasteiger partial charge in [0, 0.05) is 23.5 Å². The number of aliphatic carboxylic acids is 1. The Morgan fingerprint density at radius 2 is 2.04 bits per heavy atom. The molecule has 0 saturated carbocycles. The van der Waals surface area contributed by atoms with E-state index in [1.54, 1.807) is 12.1 Å². The van der Waals surface area contributed by atoms with Crippen LogP contribution in [0.2, 0.25) is 5.02 Å². The Kier molecular flexibility index (Phi) is 5.74. The summed E-state index contributed by atoms with van der Waals surface area (Å²) in [5.74, 6) is -0.891. The van der Waals surface area contributed by atoms with E-state index in [0.29, 0.717) is 11.6 Å². The third-order valence-electron chi connectivity index (χ3n) is 4.87. The number of benzene rings is 2. The van der Waals surface area contributed by atoms with Gasteiger partial charge >= 0.3 is 5.97 Å². The molecule has 0 heterocycles. The fourth-order valence-corrected chi connectivity index (χ4v) is 3.83. The maximum atomic E-state index is 11.3. The lowest BCUT2D eigenvalue weighted by atomic mass is 9.77. The second-order valence-corrected chi connectivity index (χ2v) is 6.96. The SMILES string of the molecule is O=C(O)CC1c2ccccc2CCC1NCC(O)c1cccc(Cl)c1. The van der Waals surface area contributed by atoms with E-state index in [1.807, 2.05) is 30.3 Å². The van der Waals surface area contributed by atoms with E-state index < -0.39 is 12.1 Å². The first-order valence-electron chi connectivity index (χ1n) is 8.51. The molecule has 0 amide bonds. The van der Waals surface area contributed by atoms with Crippen LogP contribution in [0.4, 0.5) is 0 Å². The number of carboxylic acids is 1. The summed E-state index contributed by atoms with van der Waals surface area (Å²) in [7, 11) is 0. The van der Waals surface area contributed by atoms with E-state index in [9.17, 15) is 15.0 Å². The molecule has 132 valence electrons. The number of aryl methyl sites for hydroxylation is 1. The molecule has 4 nitrogen and oxygen atoms in total. The molecule has 0 fully saturated rings. The van der Waals surface area contributed by atoms with Crippen molar-refractivity contribution in [1.29, 1.82) is 0 Å². The van der Waals surface area contributed by atoms with Crippen LogP contribution < -0.4 is 5.32 Å². The largest absolute Gasteiger partial charge is 0.481 e. The number of nitrogens with one attached hydrogen (secondary N) is 1. The zero-order valence-corrected chi connectivity index (χ0v) is 14.6. The molecule has 3 unspecified atom stereocenters. The summed E-state index contributed by atoms with van der Waals surface area (Å²) in [6.07, 6.45) is 1.18. The third-order valence-corrected chi connectivity index (χ3v) is 5.10. The number of hydrogen-bond donors (Lipinski definition) is 3. The van der Waals surface area contributed by atoms with Crippen molar-refractivity contribution in [2.45, 2.75) is 37.3 Å². The van der Waals surface area contributed by atoms with E-state index in [2.05, 4.69) is 11.4 Å². The summed E-state index contributed by atoms with van der Waals surface area (Å²) in [5.41, 5.74) is 3.08. The molecule has 2 aromatic carbocycles. The van der Waals surface area contributed by atoms with Gasteiger partial charge in [-0.15, -0.1) is 0 Å². The minimum Gasteiger partial charge on any atom is -0.481 e. The van der Waals surface area contributed by atoms with Crippen LogP contribution in [-0.2, 0) is 11.2 Å². The van der Waals surface area contributed by atoms with Crippen molar-refractivity contribution in [3.63, 3.8) is 0 Å². The van der Waals surface area contributed by atoms with Gasteiger partial charge in [0.2, 0.25) is 0 Å². The van der Waals surface area contributed by atoms with Crippen LogP contribution >= 0.6 is 11.6 Å². The molecule has 0 spiro atoms. The van der Waals surface area contributed by atoms with Gasteiger partial charge in [0.15, 0.2) is 0 Å². The molecule has 1 aliphatic carbocycles. The van der Waals surface area contributed by atoms with Crippen LogP contribution in [-0.4, -0.2) is 28.8 Å². The highest BCUT2D eigenvalue weighted by Crippen LogP contribution is 2.34. The molecule has 1 aliphatic rings. The number of aliphatic hydroxyl groups is 1. The van der Waals surface area contributed by atoms with E-state index in [4.69, 9.17) is 11.6 Å². The minimum atomic E-state index is -0.802. The summed E-state index contributed by atoms with van der Waals surface area (Å²) >= 11 is 5.98. The van der Waals surface area contributed by atoms with Gasteiger partial charge in [0.25, 0.3) is 0 Å². The normalized spacial score (nSPS) is 20.7. The molecule has 3 N–H and O–H groups in total. The van der Waals surface area contributed by atoms with Gasteiger partial charge in [-0.05, 0) is 41.7 Å². The highest BCUT2D eigenvalue weighted by atomic mass is 35.5. The number of carboxylic acid groups (broad SMARTS) is 1. The molecule has 0 bridgehead atoms. The summed E-state index contributed by atoms with van der Waals surface area (Å²) in [4.78, 5) is 11.3. The van der Waals surface area contributed by atoms with Crippen molar-refractivity contribution in [3.8, 4) is 0 Å². The monoisotopic (exact) mass is 359 g/mol. The van der Waals surface area contributed by atoms with E-state index in [0.717, 1.165) is 24.0 Å². The molecule has 0 saturated heterocycles. The fourth-order valence-electron chi connectivity index (χ4n) is 3.63. The predicted molar refractivity (Wildman–Crippen MR) is 98.0 cm³/mol. The number of fused-ring (bicyclic) bond motifs is 1. The molecule has 3 atom stereocenters. The number of halogens is 1. The zero-order valence-electron chi connectivity index (χ0n) is 13.9. The third kappa shape index (κ3) is 4.40. The first-order chi connectivity index (χ1) is 12.0. The Morgan fingerprint density at radius 1 is 1.24 bits per heavy atom. The van der Waals surface area contributed by atoms with Gasteiger partial charge in [0.1, 0.15) is 0 Å². The zero-order chi connectivity index (χ0) is 17.8. The van der Waals surface area contributed by atoms with Crippen LogP contribution in [0.1, 0.15) is 41.6 Å². The van der Waals surface area contributed by atoms with Gasteiger partial charge in [-0.3, -0.25) is 4.79 Å². The molecule has 0 aliphatic heterocycles. The molecule has 0 aromatic heterocycles. The standard InChI is InChI=1S/C20H22ClNO3/c21-15-6-3-5-14(10-15)19(23)12-22-18-9-8-13-4-1-2-7-16(13)17(18)11-20(24)25/h1-7,10,17-19,22-23H,8-9,11-12H2,(H,24,25). The Hall–Kier alpha value is -1.88. The van der Waals surface area contributed by atoms with E-state index in [-0.39, 0.29) is 18.4 Å². The maximum Gasteiger partial charge on any atom is 0.304 e. The predicted octanol–water partition coefficient (Wildman–Crippen LogP) is 3.54. The van der Waals surface area contributed by atoms with Crippen molar-refractivity contribution >= 4 is 17.6 Å². The quantitative estimate of drug-likeness (QED) is 0.738. The van der Waals surface area contributed by atoms with Crippen molar-refractivity contribution in [2.24, 2.45) is 0 Å². The first kappa shape index (κ1) is 17.9. The molecular weight excluding hydrogens is 338 g/mol. The number of rotatable bonds is 6. The van der Waals surface area contributed by atoms with Gasteiger partial charge in [-0.25, -0.2) is 0 Å². The second kappa shape index (κ2) is 8.00. The minimum absolute atomic E-state index is 0.0276. The summed E-state index contributed by atoms with van der Waals surface area (Å²) in [6.45, 7) is 0.364. The maximum absolute atomic E-state index is 11.3. The summed E-state index contributed by atoms with van der Waals surface area (Å²) in [5, 5.41) is 23.7. The average molecular weight is 360 g/mol. The lowest BCUT2D eigenvalue weighted by Gasteiger charge is -2.34. The molecule has 5 heteroatoms. The Labute approximate surface area is 152 Å². The van der Waals surface area contributed by atoms with E-state index in [1.165, 1.54) is 5.56 Å². The number of carbonyl (C=O) groups is 1. The van der Waals surface area contributed by atoms with Crippen LogP contribution in [0, 0.1) is 0 Å². The Balaban J connectivity index is 1.71. The smallest absolute Gasteiger partial charge is 0.304 e. The number of hydrogen-bond acceptors (Lipinski definition) is 3. The Morgan fingerprint density at radius 3 is 2.80 bits per heavy atom. The van der Waals surface area contributed by atoms with Gasteiger partial charge in [-0.2, -0.15) is 0 Å². The van der Waals surface area contributed by atoms with Gasteiger partial charge in [0.05, 0.1) is 12.5 Å². The highest BCUT2D eigenvalue weighted by Gasteiger charge is 2.31. The highest BCUT2D eigenvalue weighted by molar-refractivity contribution is 6.30. The van der Waals surface area contributed by atoms with Gasteiger partial charge in [-0.1, -0.05) is 48.0 Å². The average Bonchev–Trinajstić information content (AvgIpc) is 2.60. The molecule has 25 heavy (non-hydrogen) atoms. The van der Waals surface area contributed by atoms with Crippen molar-refractivity contribution in [2.75, 3.05) is 6.54 Å². The topological polar surface area (TPSA) is 69.6 Å². The van der Waals surface area contributed by atoms with Crippen molar-refractivity contribution < 1.29 is 15.0 Å². The lowest BCUT2D eigenvalue weighted by molar-refractivity contribution is -0.137. The van der Waals surface area contributed by atoms with E-state index >= 15 is 0 Å².